The van der Waals surface area contributed by atoms with Gasteiger partial charge in [-0.25, -0.2) is 0 Å². The highest BCUT2D eigenvalue weighted by Gasteiger charge is 2.30. The van der Waals surface area contributed by atoms with Crippen LogP contribution < -0.4 is 0 Å². The second-order valence-corrected chi connectivity index (χ2v) is 10.7. The third-order valence-corrected chi connectivity index (χ3v) is 8.04. The highest BCUT2D eigenvalue weighted by atomic mass is 32.2. The molecule has 2 atom stereocenters. The van der Waals surface area contributed by atoms with E-state index in [1.165, 1.54) is 11.8 Å². The molecule has 0 N–H and O–H groups in total. The Kier molecular flexibility index (Phi) is 12.8. The summed E-state index contributed by atoms with van der Waals surface area (Å²) in [5.74, 6) is 0.180. The Morgan fingerprint density at radius 1 is 1.21 bits per heavy atom. The molecule has 0 aromatic carbocycles. The first-order valence-corrected chi connectivity index (χ1v) is 13.1. The molecule has 162 valence electrons. The van der Waals surface area contributed by atoms with Crippen LogP contribution in [0.3, 0.4) is 0 Å². The molecule has 0 aromatic heterocycles. The molecule has 1 aliphatic rings. The number of Topliss-reactive ketones (excluding diaryl/α,β-unsaturated/α-hetero) is 2. The van der Waals surface area contributed by atoms with Gasteiger partial charge in [0.2, 0.25) is 4.38 Å². The van der Waals surface area contributed by atoms with Gasteiger partial charge in [0, 0.05) is 24.0 Å². The Morgan fingerprint density at radius 2 is 1.89 bits per heavy atom. The average molecular weight is 453 g/mol. The highest BCUT2D eigenvalue weighted by molar-refractivity contribution is 8.23. The maximum Gasteiger partial charge on any atom is 0.338 e. The van der Waals surface area contributed by atoms with Crippen molar-refractivity contribution in [2.24, 2.45) is 5.92 Å². The largest absolute Gasteiger partial charge is 0.479 e. The lowest BCUT2D eigenvalue weighted by atomic mass is 9.84. The molecule has 0 bridgehead atoms. The molecular weight excluding hydrogens is 419 g/mol. The SMILES string of the molecule is CCOC(=S)SC(CCC(=O)CP(=O)(OCC)OCC)CC1CCCCC1=O. The monoisotopic (exact) mass is 452 g/mol. The number of rotatable bonds is 13. The van der Waals surface area contributed by atoms with E-state index in [1.54, 1.807) is 13.8 Å². The second-order valence-electron chi connectivity index (χ2n) is 6.75. The molecule has 2 unspecified atom stereocenters. The predicted molar refractivity (Wildman–Crippen MR) is 117 cm³/mol. The fourth-order valence-electron chi connectivity index (χ4n) is 3.27. The maximum atomic E-state index is 12.5. The van der Waals surface area contributed by atoms with Gasteiger partial charge in [-0.2, -0.15) is 0 Å². The van der Waals surface area contributed by atoms with Gasteiger partial charge in [-0.05, 0) is 58.7 Å². The third kappa shape index (κ3) is 9.97. The van der Waals surface area contributed by atoms with Gasteiger partial charge in [0.1, 0.15) is 17.7 Å². The standard InChI is InChI=1S/C19H33O6PS2/c1-4-23-19(27)28-17(13-15-9-7-8-10-18(15)21)12-11-16(20)14-26(22,24-5-2)25-6-3/h15,17H,4-14H2,1-3H3. The zero-order chi connectivity index (χ0) is 21.0. The van der Waals surface area contributed by atoms with E-state index in [9.17, 15) is 14.2 Å². The Balaban J connectivity index is 2.65. The van der Waals surface area contributed by atoms with Gasteiger partial charge in [0.25, 0.3) is 0 Å². The van der Waals surface area contributed by atoms with Crippen molar-refractivity contribution < 1.29 is 27.9 Å². The van der Waals surface area contributed by atoms with Crippen molar-refractivity contribution >= 4 is 47.5 Å². The van der Waals surface area contributed by atoms with Crippen molar-refractivity contribution in [1.82, 2.24) is 0 Å². The third-order valence-electron chi connectivity index (χ3n) is 4.52. The summed E-state index contributed by atoms with van der Waals surface area (Å²) >= 11 is 6.67. The van der Waals surface area contributed by atoms with Crippen LogP contribution >= 0.6 is 31.6 Å². The second kappa shape index (κ2) is 13.9. The molecular formula is C19H33O6PS2. The lowest BCUT2D eigenvalue weighted by molar-refractivity contribution is -0.124. The molecule has 1 saturated carbocycles. The Morgan fingerprint density at radius 3 is 2.46 bits per heavy atom. The normalized spacial score (nSPS) is 18.7. The molecule has 1 rings (SSSR count). The van der Waals surface area contributed by atoms with Crippen molar-refractivity contribution in [3.8, 4) is 0 Å². The predicted octanol–water partition coefficient (Wildman–Crippen LogP) is 5.17. The fourth-order valence-corrected chi connectivity index (χ4v) is 6.46. The summed E-state index contributed by atoms with van der Waals surface area (Å²) in [5, 5.41) is 0.0219. The summed E-state index contributed by atoms with van der Waals surface area (Å²) < 4.78 is 28.8. The molecule has 9 heteroatoms. The summed E-state index contributed by atoms with van der Waals surface area (Å²) in [4.78, 5) is 24.6. The van der Waals surface area contributed by atoms with Gasteiger partial charge in [-0.15, -0.1) is 0 Å². The smallest absolute Gasteiger partial charge is 0.338 e. The Labute approximate surface area is 178 Å². The number of ketones is 2. The minimum Gasteiger partial charge on any atom is -0.479 e. The van der Waals surface area contributed by atoms with Gasteiger partial charge in [0.15, 0.2) is 0 Å². The molecule has 0 radical (unpaired) electrons. The van der Waals surface area contributed by atoms with Crippen molar-refractivity contribution in [2.45, 2.75) is 71.0 Å². The fraction of sp³-hybridized carbons (Fsp3) is 0.842. The van der Waals surface area contributed by atoms with Crippen LogP contribution in [0.2, 0.25) is 0 Å². The summed E-state index contributed by atoms with van der Waals surface area (Å²) in [6, 6.07) is 0. The van der Waals surface area contributed by atoms with Crippen molar-refractivity contribution in [1.29, 1.82) is 0 Å². The number of thiocarbonyl (C=S) groups is 1. The summed E-state index contributed by atoms with van der Waals surface area (Å²) in [5.41, 5.74) is 0. The van der Waals surface area contributed by atoms with Crippen LogP contribution in [-0.2, 0) is 27.9 Å². The van der Waals surface area contributed by atoms with Crippen LogP contribution in [0.25, 0.3) is 0 Å². The first-order chi connectivity index (χ1) is 13.3. The van der Waals surface area contributed by atoms with E-state index in [0.29, 0.717) is 36.0 Å². The number of carbonyl (C=O) groups excluding carboxylic acids is 2. The van der Waals surface area contributed by atoms with E-state index in [4.69, 9.17) is 26.0 Å². The lowest BCUT2D eigenvalue weighted by Gasteiger charge is -2.25. The van der Waals surface area contributed by atoms with Crippen LogP contribution in [0, 0.1) is 5.92 Å². The van der Waals surface area contributed by atoms with Crippen molar-refractivity contribution in [2.75, 3.05) is 26.0 Å². The topological polar surface area (TPSA) is 78.9 Å². The molecule has 0 aromatic rings. The Bertz CT molecular complexity index is 559. The van der Waals surface area contributed by atoms with Crippen molar-refractivity contribution in [3.05, 3.63) is 0 Å². The van der Waals surface area contributed by atoms with Crippen LogP contribution in [0.4, 0.5) is 0 Å². The first-order valence-electron chi connectivity index (χ1n) is 10.1. The van der Waals surface area contributed by atoms with E-state index in [0.717, 1.165) is 19.3 Å². The molecule has 1 fully saturated rings. The minimum absolute atomic E-state index is 0.0219. The number of carbonyl (C=O) groups is 2. The lowest BCUT2D eigenvalue weighted by Crippen LogP contribution is -2.24. The molecule has 28 heavy (non-hydrogen) atoms. The zero-order valence-electron chi connectivity index (χ0n) is 17.1. The van der Waals surface area contributed by atoms with Gasteiger partial charge < -0.3 is 13.8 Å². The molecule has 0 heterocycles. The van der Waals surface area contributed by atoms with Crippen LogP contribution in [-0.4, -0.2) is 47.2 Å². The van der Waals surface area contributed by atoms with Crippen LogP contribution in [0.5, 0.6) is 0 Å². The maximum absolute atomic E-state index is 12.5. The Hall–Kier alpha value is -0.270. The zero-order valence-corrected chi connectivity index (χ0v) is 19.7. The quantitative estimate of drug-likeness (QED) is 0.280. The van der Waals surface area contributed by atoms with Crippen LogP contribution in [0.1, 0.15) is 65.7 Å². The van der Waals surface area contributed by atoms with Gasteiger partial charge >= 0.3 is 7.60 Å². The van der Waals surface area contributed by atoms with Gasteiger partial charge in [0.05, 0.1) is 19.8 Å². The molecule has 0 amide bonds. The number of hydrogen-bond donors (Lipinski definition) is 0. The molecule has 6 nitrogen and oxygen atoms in total. The minimum atomic E-state index is -3.38. The average Bonchev–Trinajstić information content (AvgIpc) is 2.62. The van der Waals surface area contributed by atoms with E-state index < -0.39 is 7.60 Å². The van der Waals surface area contributed by atoms with Crippen molar-refractivity contribution in [3.63, 3.8) is 0 Å². The summed E-state index contributed by atoms with van der Waals surface area (Å²) in [6.45, 7) is 6.27. The highest BCUT2D eigenvalue weighted by Crippen LogP contribution is 2.48. The first kappa shape index (κ1) is 25.8. The van der Waals surface area contributed by atoms with Crippen LogP contribution in [0.15, 0.2) is 0 Å². The molecule has 0 spiro atoms. The van der Waals surface area contributed by atoms with Gasteiger partial charge in [-0.1, -0.05) is 18.2 Å². The molecule has 0 aliphatic heterocycles. The number of ether oxygens (including phenoxy) is 1. The summed E-state index contributed by atoms with van der Waals surface area (Å²) in [6.07, 6.45) is 4.85. The van der Waals surface area contributed by atoms with E-state index >= 15 is 0 Å². The summed E-state index contributed by atoms with van der Waals surface area (Å²) in [7, 11) is -3.38. The van der Waals surface area contributed by atoms with E-state index in [-0.39, 0.29) is 42.7 Å². The van der Waals surface area contributed by atoms with E-state index in [2.05, 4.69) is 0 Å². The molecule has 0 saturated heterocycles. The van der Waals surface area contributed by atoms with Gasteiger partial charge in [-0.3, -0.25) is 14.2 Å². The number of hydrogen-bond acceptors (Lipinski definition) is 8. The molecule has 1 aliphatic carbocycles. The van der Waals surface area contributed by atoms with E-state index in [1.807, 2.05) is 6.92 Å². The number of thioether (sulfide) groups is 1.